The molecule has 1 aliphatic rings. The van der Waals surface area contributed by atoms with Crippen molar-refractivity contribution >= 4 is 35.1 Å². The Morgan fingerprint density at radius 1 is 1.00 bits per heavy atom. The average Bonchev–Trinajstić information content (AvgIpc) is 3.09. The van der Waals surface area contributed by atoms with Gasteiger partial charge in [0.2, 0.25) is 0 Å². The SMILES string of the molecule is NC(=O)Nc1cccc(C(=O)Nc2ccccc2SC2CCCC2)c1. The number of anilines is 2. The van der Waals surface area contributed by atoms with Crippen LogP contribution in [0.25, 0.3) is 0 Å². The summed E-state index contributed by atoms with van der Waals surface area (Å²) in [6, 6.07) is 13.9. The monoisotopic (exact) mass is 355 g/mol. The number of amides is 3. The molecule has 0 saturated heterocycles. The summed E-state index contributed by atoms with van der Waals surface area (Å²) in [6.07, 6.45) is 5.03. The van der Waals surface area contributed by atoms with Gasteiger partial charge in [-0.2, -0.15) is 0 Å². The first-order chi connectivity index (χ1) is 12.1. The molecule has 1 fully saturated rings. The normalized spacial score (nSPS) is 14.2. The highest BCUT2D eigenvalue weighted by molar-refractivity contribution is 8.00. The molecule has 130 valence electrons. The minimum Gasteiger partial charge on any atom is -0.351 e. The zero-order chi connectivity index (χ0) is 17.6. The number of thioether (sulfide) groups is 1. The summed E-state index contributed by atoms with van der Waals surface area (Å²) < 4.78 is 0. The van der Waals surface area contributed by atoms with Crippen LogP contribution in [-0.2, 0) is 0 Å². The van der Waals surface area contributed by atoms with E-state index in [0.29, 0.717) is 16.5 Å². The third-order valence-electron chi connectivity index (χ3n) is 4.12. The number of benzene rings is 2. The van der Waals surface area contributed by atoms with Gasteiger partial charge in [-0.15, -0.1) is 11.8 Å². The first kappa shape index (κ1) is 17.4. The zero-order valence-corrected chi connectivity index (χ0v) is 14.6. The molecule has 6 heteroatoms. The van der Waals surface area contributed by atoms with E-state index in [9.17, 15) is 9.59 Å². The van der Waals surface area contributed by atoms with Crippen LogP contribution in [0.3, 0.4) is 0 Å². The van der Waals surface area contributed by atoms with Crippen molar-refractivity contribution in [1.82, 2.24) is 0 Å². The predicted molar refractivity (Wildman–Crippen MR) is 102 cm³/mol. The Bertz CT molecular complexity index is 773. The molecule has 25 heavy (non-hydrogen) atoms. The van der Waals surface area contributed by atoms with E-state index >= 15 is 0 Å². The molecule has 0 heterocycles. The summed E-state index contributed by atoms with van der Waals surface area (Å²) in [5.41, 5.74) is 6.89. The van der Waals surface area contributed by atoms with Gasteiger partial charge >= 0.3 is 6.03 Å². The molecule has 0 aromatic heterocycles. The van der Waals surface area contributed by atoms with Crippen LogP contribution in [0.4, 0.5) is 16.2 Å². The molecule has 0 atom stereocenters. The van der Waals surface area contributed by atoms with Gasteiger partial charge in [0.1, 0.15) is 0 Å². The van der Waals surface area contributed by atoms with E-state index in [2.05, 4.69) is 10.6 Å². The predicted octanol–water partition coefficient (Wildman–Crippen LogP) is 4.46. The zero-order valence-electron chi connectivity index (χ0n) is 13.8. The number of nitrogens with two attached hydrogens (primary N) is 1. The number of para-hydroxylation sites is 1. The van der Waals surface area contributed by atoms with Crippen LogP contribution in [0.5, 0.6) is 0 Å². The third kappa shape index (κ3) is 4.76. The largest absolute Gasteiger partial charge is 0.351 e. The highest BCUT2D eigenvalue weighted by atomic mass is 32.2. The standard InChI is InChI=1S/C19H21N3O2S/c20-19(24)21-14-7-5-6-13(12-14)18(23)22-16-10-3-4-11-17(16)25-15-8-1-2-9-15/h3-7,10-12,15H,1-2,8-9H2,(H,22,23)(H3,20,21,24). The number of hydrogen-bond acceptors (Lipinski definition) is 3. The van der Waals surface area contributed by atoms with E-state index in [4.69, 9.17) is 5.73 Å². The number of hydrogen-bond donors (Lipinski definition) is 3. The first-order valence-electron chi connectivity index (χ1n) is 8.35. The molecule has 1 aliphatic carbocycles. The average molecular weight is 355 g/mol. The molecule has 0 bridgehead atoms. The van der Waals surface area contributed by atoms with Gasteiger partial charge in [-0.05, 0) is 43.2 Å². The Hall–Kier alpha value is -2.47. The van der Waals surface area contributed by atoms with Gasteiger partial charge in [0, 0.05) is 21.4 Å². The van der Waals surface area contributed by atoms with Crippen LogP contribution in [0.15, 0.2) is 53.4 Å². The molecule has 3 amide bonds. The number of carbonyl (C=O) groups excluding carboxylic acids is 2. The Labute approximate surface area is 151 Å². The lowest BCUT2D eigenvalue weighted by molar-refractivity contribution is 0.102. The molecule has 0 spiro atoms. The van der Waals surface area contributed by atoms with Crippen molar-refractivity contribution < 1.29 is 9.59 Å². The van der Waals surface area contributed by atoms with Gasteiger partial charge < -0.3 is 16.4 Å². The van der Waals surface area contributed by atoms with Gasteiger partial charge in [-0.3, -0.25) is 4.79 Å². The molecule has 2 aromatic carbocycles. The molecule has 5 nitrogen and oxygen atoms in total. The molecular weight excluding hydrogens is 334 g/mol. The number of rotatable bonds is 5. The van der Waals surface area contributed by atoms with Crippen LogP contribution in [0, 0.1) is 0 Å². The Morgan fingerprint density at radius 2 is 1.76 bits per heavy atom. The van der Waals surface area contributed by atoms with Gasteiger partial charge in [0.05, 0.1) is 5.69 Å². The molecule has 3 rings (SSSR count). The molecule has 1 saturated carbocycles. The van der Waals surface area contributed by atoms with Gasteiger partial charge in [-0.1, -0.05) is 31.0 Å². The van der Waals surface area contributed by atoms with Crippen LogP contribution < -0.4 is 16.4 Å². The molecule has 0 aliphatic heterocycles. The first-order valence-corrected chi connectivity index (χ1v) is 9.23. The quantitative estimate of drug-likeness (QED) is 0.740. The van der Waals surface area contributed by atoms with Crippen LogP contribution in [-0.4, -0.2) is 17.2 Å². The Balaban J connectivity index is 1.73. The van der Waals surface area contributed by atoms with Crippen molar-refractivity contribution in [2.75, 3.05) is 10.6 Å². The van der Waals surface area contributed by atoms with E-state index in [-0.39, 0.29) is 5.91 Å². The highest BCUT2D eigenvalue weighted by Gasteiger charge is 2.18. The van der Waals surface area contributed by atoms with Crippen LogP contribution >= 0.6 is 11.8 Å². The van der Waals surface area contributed by atoms with Crippen molar-refractivity contribution in [1.29, 1.82) is 0 Å². The van der Waals surface area contributed by atoms with E-state index < -0.39 is 6.03 Å². The maximum Gasteiger partial charge on any atom is 0.316 e. The van der Waals surface area contributed by atoms with E-state index in [1.165, 1.54) is 25.7 Å². The smallest absolute Gasteiger partial charge is 0.316 e. The molecule has 2 aromatic rings. The summed E-state index contributed by atoms with van der Waals surface area (Å²) in [5, 5.41) is 6.08. The summed E-state index contributed by atoms with van der Waals surface area (Å²) >= 11 is 1.84. The van der Waals surface area contributed by atoms with Crippen molar-refractivity contribution in [2.45, 2.75) is 35.8 Å². The van der Waals surface area contributed by atoms with Gasteiger partial charge in [-0.25, -0.2) is 4.79 Å². The summed E-state index contributed by atoms with van der Waals surface area (Å²) in [5.74, 6) is -0.215. The van der Waals surface area contributed by atoms with Crippen molar-refractivity contribution in [3.8, 4) is 0 Å². The van der Waals surface area contributed by atoms with Crippen LogP contribution in [0.1, 0.15) is 36.0 Å². The topological polar surface area (TPSA) is 84.2 Å². The van der Waals surface area contributed by atoms with E-state index in [1.807, 2.05) is 36.0 Å². The fourth-order valence-corrected chi connectivity index (χ4v) is 4.26. The molecule has 4 N–H and O–H groups in total. The number of primary amides is 1. The van der Waals surface area contributed by atoms with E-state index in [0.717, 1.165) is 10.6 Å². The number of urea groups is 1. The maximum absolute atomic E-state index is 12.6. The van der Waals surface area contributed by atoms with Crippen molar-refractivity contribution in [3.05, 3.63) is 54.1 Å². The second-order valence-electron chi connectivity index (χ2n) is 6.04. The fraction of sp³-hybridized carbons (Fsp3) is 0.263. The fourth-order valence-electron chi connectivity index (χ4n) is 2.93. The molecular formula is C19H21N3O2S. The van der Waals surface area contributed by atoms with Crippen LogP contribution in [0.2, 0.25) is 0 Å². The molecule has 0 radical (unpaired) electrons. The van der Waals surface area contributed by atoms with E-state index in [1.54, 1.807) is 24.3 Å². The number of carbonyl (C=O) groups is 2. The summed E-state index contributed by atoms with van der Waals surface area (Å²) in [6.45, 7) is 0. The minimum absolute atomic E-state index is 0.215. The second kappa shape index (κ2) is 8.07. The summed E-state index contributed by atoms with van der Waals surface area (Å²) in [7, 11) is 0. The van der Waals surface area contributed by atoms with Gasteiger partial charge in [0.15, 0.2) is 0 Å². The highest BCUT2D eigenvalue weighted by Crippen LogP contribution is 2.38. The minimum atomic E-state index is -0.657. The second-order valence-corrected chi connectivity index (χ2v) is 7.39. The molecule has 0 unspecified atom stereocenters. The van der Waals surface area contributed by atoms with Crippen molar-refractivity contribution in [2.24, 2.45) is 5.73 Å². The lowest BCUT2D eigenvalue weighted by Crippen LogP contribution is -2.20. The Kier molecular flexibility index (Phi) is 5.60. The number of nitrogens with one attached hydrogen (secondary N) is 2. The maximum atomic E-state index is 12.6. The lowest BCUT2D eigenvalue weighted by Gasteiger charge is -2.14. The Morgan fingerprint density at radius 3 is 2.52 bits per heavy atom. The lowest BCUT2D eigenvalue weighted by atomic mass is 10.2. The van der Waals surface area contributed by atoms with Crippen molar-refractivity contribution in [3.63, 3.8) is 0 Å². The van der Waals surface area contributed by atoms with Gasteiger partial charge in [0.25, 0.3) is 5.91 Å². The third-order valence-corrected chi connectivity index (χ3v) is 5.54. The summed E-state index contributed by atoms with van der Waals surface area (Å²) in [4.78, 5) is 24.6.